The lowest BCUT2D eigenvalue weighted by Crippen LogP contribution is -2.40. The fraction of sp³-hybridized carbons (Fsp3) is 0.273. The molecular weight excluding hydrogens is 410 g/mol. The molecule has 1 N–H and O–H groups in total. The fourth-order valence-corrected chi connectivity index (χ4v) is 3.43. The SMILES string of the molecule is CNC(=O)Oc1cc2cc(-c3ccc(C(=O)N4CCOCC4)cc3)cc(C(F)F)c2o1. The largest absolute Gasteiger partial charge is 0.425 e. The second-order valence-corrected chi connectivity index (χ2v) is 6.97. The number of carbonyl (C=O) groups is 2. The molecule has 0 unspecified atom stereocenters. The minimum atomic E-state index is -2.79. The van der Waals surface area contributed by atoms with Gasteiger partial charge in [-0.15, -0.1) is 0 Å². The van der Waals surface area contributed by atoms with Crippen LogP contribution in [0.4, 0.5) is 13.6 Å². The molecule has 0 radical (unpaired) electrons. The van der Waals surface area contributed by atoms with Gasteiger partial charge in [0.25, 0.3) is 18.3 Å². The summed E-state index contributed by atoms with van der Waals surface area (Å²) in [6.07, 6.45) is -3.55. The predicted molar refractivity (Wildman–Crippen MR) is 108 cm³/mol. The van der Waals surface area contributed by atoms with Crippen LogP contribution in [0.25, 0.3) is 22.1 Å². The standard InChI is InChI=1S/C22H20F2N2O5/c1-25-22(28)31-18-12-16-10-15(11-17(20(23)24)19(16)30-18)13-2-4-14(5-3-13)21(27)26-6-8-29-9-7-26/h2-5,10-12,20H,6-9H2,1H3,(H,25,28). The van der Waals surface area contributed by atoms with Gasteiger partial charge in [0.15, 0.2) is 0 Å². The number of ether oxygens (including phenoxy) is 2. The molecule has 0 aliphatic carbocycles. The Morgan fingerprint density at radius 3 is 2.42 bits per heavy atom. The maximum atomic E-state index is 13.7. The highest BCUT2D eigenvalue weighted by Gasteiger charge is 2.21. The van der Waals surface area contributed by atoms with Gasteiger partial charge in [-0.05, 0) is 35.4 Å². The summed E-state index contributed by atoms with van der Waals surface area (Å²) in [4.78, 5) is 25.7. The van der Waals surface area contributed by atoms with Crippen molar-refractivity contribution in [1.82, 2.24) is 10.2 Å². The van der Waals surface area contributed by atoms with Crippen LogP contribution < -0.4 is 10.1 Å². The second kappa shape index (κ2) is 8.73. The average Bonchev–Trinajstić information content (AvgIpc) is 3.20. The Bertz CT molecular complexity index is 1110. The van der Waals surface area contributed by atoms with E-state index in [1.54, 1.807) is 35.2 Å². The molecule has 3 aromatic rings. The molecule has 1 aliphatic rings. The molecule has 2 heterocycles. The van der Waals surface area contributed by atoms with Gasteiger partial charge in [-0.2, -0.15) is 0 Å². The Morgan fingerprint density at radius 2 is 1.77 bits per heavy atom. The van der Waals surface area contributed by atoms with Gasteiger partial charge in [-0.25, -0.2) is 13.6 Å². The second-order valence-electron chi connectivity index (χ2n) is 6.97. The molecular formula is C22H20F2N2O5. The third kappa shape index (κ3) is 4.36. The van der Waals surface area contributed by atoms with E-state index in [0.717, 1.165) is 0 Å². The van der Waals surface area contributed by atoms with Gasteiger partial charge >= 0.3 is 6.09 Å². The van der Waals surface area contributed by atoms with Crippen molar-refractivity contribution < 1.29 is 32.3 Å². The molecule has 4 rings (SSSR count). The number of benzene rings is 2. The topological polar surface area (TPSA) is 81.0 Å². The first kappa shape index (κ1) is 20.8. The normalized spacial score (nSPS) is 14.1. The molecule has 1 fully saturated rings. The van der Waals surface area contributed by atoms with Gasteiger partial charge in [0.05, 0.1) is 18.8 Å². The number of nitrogens with zero attached hydrogens (tertiary/aromatic N) is 1. The molecule has 7 nitrogen and oxygen atoms in total. The van der Waals surface area contributed by atoms with Gasteiger partial charge in [0, 0.05) is 37.2 Å². The molecule has 2 amide bonds. The maximum Gasteiger partial charge on any atom is 0.414 e. The number of alkyl halides is 2. The fourth-order valence-electron chi connectivity index (χ4n) is 3.43. The summed E-state index contributed by atoms with van der Waals surface area (Å²) in [7, 11) is 1.38. The minimum absolute atomic E-state index is 0.0447. The van der Waals surface area contributed by atoms with Crippen LogP contribution in [0.2, 0.25) is 0 Å². The van der Waals surface area contributed by atoms with E-state index in [2.05, 4.69) is 5.32 Å². The van der Waals surface area contributed by atoms with E-state index in [-0.39, 0.29) is 23.0 Å². The first-order valence-corrected chi connectivity index (χ1v) is 9.69. The molecule has 1 saturated heterocycles. The molecule has 0 bridgehead atoms. The third-order valence-electron chi connectivity index (χ3n) is 5.02. The summed E-state index contributed by atoms with van der Waals surface area (Å²) in [5.74, 6) is -0.274. The number of morpholine rings is 1. The summed E-state index contributed by atoms with van der Waals surface area (Å²) in [5.41, 5.74) is 1.35. The van der Waals surface area contributed by atoms with Crippen molar-refractivity contribution in [2.75, 3.05) is 33.4 Å². The van der Waals surface area contributed by atoms with Gasteiger partial charge < -0.3 is 24.1 Å². The van der Waals surface area contributed by atoms with E-state index in [1.807, 2.05) is 0 Å². The number of halogens is 2. The van der Waals surface area contributed by atoms with Crippen molar-refractivity contribution in [2.45, 2.75) is 6.43 Å². The van der Waals surface area contributed by atoms with Gasteiger partial charge in [0.1, 0.15) is 5.58 Å². The third-order valence-corrected chi connectivity index (χ3v) is 5.02. The van der Waals surface area contributed by atoms with Crippen LogP contribution in [-0.4, -0.2) is 50.3 Å². The lowest BCUT2D eigenvalue weighted by atomic mass is 9.99. The number of amides is 2. The van der Waals surface area contributed by atoms with Crippen LogP contribution in [0.15, 0.2) is 46.9 Å². The number of nitrogens with one attached hydrogen (secondary N) is 1. The molecule has 0 saturated carbocycles. The summed E-state index contributed by atoms with van der Waals surface area (Å²) in [6, 6.07) is 11.2. The number of furan rings is 1. The summed E-state index contributed by atoms with van der Waals surface area (Å²) in [6.45, 7) is 2.10. The molecule has 1 aromatic heterocycles. The van der Waals surface area contributed by atoms with E-state index in [0.29, 0.717) is 48.4 Å². The van der Waals surface area contributed by atoms with Crippen LogP contribution in [0.5, 0.6) is 5.95 Å². The lowest BCUT2D eigenvalue weighted by molar-refractivity contribution is 0.0303. The zero-order chi connectivity index (χ0) is 22.0. The minimum Gasteiger partial charge on any atom is -0.425 e. The summed E-state index contributed by atoms with van der Waals surface area (Å²) in [5, 5.41) is 2.64. The zero-order valence-corrected chi connectivity index (χ0v) is 16.7. The van der Waals surface area contributed by atoms with Crippen molar-refractivity contribution in [3.05, 3.63) is 53.6 Å². The highest BCUT2D eigenvalue weighted by atomic mass is 19.3. The Kier molecular flexibility index (Phi) is 5.85. The summed E-state index contributed by atoms with van der Waals surface area (Å²) >= 11 is 0. The number of hydrogen-bond donors (Lipinski definition) is 1. The van der Waals surface area contributed by atoms with Crippen molar-refractivity contribution in [1.29, 1.82) is 0 Å². The summed E-state index contributed by atoms with van der Waals surface area (Å²) < 4.78 is 42.8. The maximum absolute atomic E-state index is 13.7. The molecule has 2 aromatic carbocycles. The van der Waals surface area contributed by atoms with E-state index in [4.69, 9.17) is 13.9 Å². The van der Waals surface area contributed by atoms with E-state index in [1.165, 1.54) is 19.2 Å². The predicted octanol–water partition coefficient (Wildman–Crippen LogP) is 4.23. The van der Waals surface area contributed by atoms with E-state index in [9.17, 15) is 18.4 Å². The zero-order valence-electron chi connectivity index (χ0n) is 16.7. The first-order chi connectivity index (χ1) is 15.0. The molecule has 9 heteroatoms. The van der Waals surface area contributed by atoms with E-state index < -0.39 is 12.5 Å². The van der Waals surface area contributed by atoms with Gasteiger partial charge in [-0.3, -0.25) is 4.79 Å². The monoisotopic (exact) mass is 430 g/mol. The molecule has 1 aliphatic heterocycles. The van der Waals surface area contributed by atoms with Crippen LogP contribution in [-0.2, 0) is 4.74 Å². The number of rotatable bonds is 4. The highest BCUT2D eigenvalue weighted by molar-refractivity contribution is 5.95. The lowest BCUT2D eigenvalue weighted by Gasteiger charge is -2.26. The van der Waals surface area contributed by atoms with Crippen LogP contribution in [0, 0.1) is 0 Å². The Morgan fingerprint density at radius 1 is 1.06 bits per heavy atom. The van der Waals surface area contributed by atoms with Crippen LogP contribution in [0.1, 0.15) is 22.3 Å². The van der Waals surface area contributed by atoms with Crippen molar-refractivity contribution in [3.63, 3.8) is 0 Å². The highest BCUT2D eigenvalue weighted by Crippen LogP contribution is 2.37. The molecule has 0 atom stereocenters. The smallest absolute Gasteiger partial charge is 0.414 e. The molecule has 31 heavy (non-hydrogen) atoms. The number of hydrogen-bond acceptors (Lipinski definition) is 5. The van der Waals surface area contributed by atoms with Crippen LogP contribution in [0.3, 0.4) is 0 Å². The Balaban J connectivity index is 1.65. The number of carbonyl (C=O) groups excluding carboxylic acids is 2. The molecule has 162 valence electrons. The van der Waals surface area contributed by atoms with Crippen molar-refractivity contribution >= 4 is 23.0 Å². The van der Waals surface area contributed by atoms with E-state index >= 15 is 0 Å². The number of fused-ring (bicyclic) bond motifs is 1. The van der Waals surface area contributed by atoms with Gasteiger partial charge in [-0.1, -0.05) is 12.1 Å². The molecule has 0 spiro atoms. The Hall–Kier alpha value is -3.46. The van der Waals surface area contributed by atoms with Crippen molar-refractivity contribution in [2.24, 2.45) is 0 Å². The van der Waals surface area contributed by atoms with Crippen LogP contribution >= 0.6 is 0 Å². The first-order valence-electron chi connectivity index (χ1n) is 9.69. The van der Waals surface area contributed by atoms with Gasteiger partial charge in [0.2, 0.25) is 0 Å². The Labute approximate surface area is 176 Å². The quantitative estimate of drug-likeness (QED) is 0.670. The average molecular weight is 430 g/mol. The van der Waals surface area contributed by atoms with Crippen molar-refractivity contribution in [3.8, 4) is 17.1 Å².